The quantitative estimate of drug-likeness (QED) is 0.810. The van der Waals surface area contributed by atoms with Crippen LogP contribution in [0.2, 0.25) is 0 Å². The van der Waals surface area contributed by atoms with E-state index in [4.69, 9.17) is 10.2 Å². The Labute approximate surface area is 151 Å². The summed E-state index contributed by atoms with van der Waals surface area (Å²) in [5.41, 5.74) is 0.335. The molecule has 1 saturated heterocycles. The van der Waals surface area contributed by atoms with Crippen molar-refractivity contribution in [3.8, 4) is 0 Å². The highest BCUT2D eigenvalue weighted by molar-refractivity contribution is 5.96. The average molecular weight is 377 g/mol. The number of benzene rings is 1. The van der Waals surface area contributed by atoms with Crippen LogP contribution in [-0.4, -0.2) is 53.4 Å². The highest BCUT2D eigenvalue weighted by Gasteiger charge is 2.13. The Balaban J connectivity index is 0.000000416. The van der Waals surface area contributed by atoms with Crippen LogP contribution in [0.3, 0.4) is 0 Å². The first-order valence-corrected chi connectivity index (χ1v) is 8.41. The van der Waals surface area contributed by atoms with Gasteiger partial charge in [0.15, 0.2) is 0 Å². The van der Waals surface area contributed by atoms with Gasteiger partial charge >= 0.3 is 18.6 Å². The molecule has 0 atom stereocenters. The molecule has 2 rings (SSSR count). The first kappa shape index (κ1) is 23.9. The second kappa shape index (κ2) is 13.2. The summed E-state index contributed by atoms with van der Waals surface area (Å²) in [4.78, 5) is 23.8. The number of piperidine rings is 1. The molecule has 0 bridgehead atoms. The maximum atomic E-state index is 10.6. The summed E-state index contributed by atoms with van der Waals surface area (Å²) < 4.78 is 29.0. The Bertz CT molecular complexity index is 524. The molecule has 0 unspecified atom stereocenters. The van der Waals surface area contributed by atoms with E-state index in [1.807, 2.05) is 0 Å². The highest BCUT2D eigenvalue weighted by atomic mass is 19.4. The fourth-order valence-electron chi connectivity index (χ4n) is 2.60. The number of rotatable bonds is 4. The molecule has 2 N–H and O–H groups in total. The molecular formula is C18H26F3NO4. The average Bonchev–Trinajstić information content (AvgIpc) is 2.56. The summed E-state index contributed by atoms with van der Waals surface area (Å²) in [6.07, 6.45) is 5.64. The number of hydrogen-bond donors (Lipinski definition) is 2. The zero-order valence-electron chi connectivity index (χ0n) is 15.1. The summed E-state index contributed by atoms with van der Waals surface area (Å²) in [6, 6.07) is 4.17. The summed E-state index contributed by atoms with van der Waals surface area (Å²) in [6.45, 7) is 4.10. The fourth-order valence-corrected chi connectivity index (χ4v) is 2.60. The molecule has 1 aromatic rings. The van der Waals surface area contributed by atoms with Gasteiger partial charge in [-0.05, 0) is 63.5 Å². The van der Waals surface area contributed by atoms with Crippen molar-refractivity contribution in [1.29, 1.82) is 0 Å². The lowest BCUT2D eigenvalue weighted by Crippen LogP contribution is -2.30. The molecule has 0 aliphatic carbocycles. The molecular weight excluding hydrogens is 351 g/mol. The van der Waals surface area contributed by atoms with Crippen LogP contribution in [0.4, 0.5) is 13.2 Å². The van der Waals surface area contributed by atoms with Gasteiger partial charge in [0, 0.05) is 0 Å². The van der Waals surface area contributed by atoms with E-state index in [2.05, 4.69) is 11.8 Å². The first-order valence-electron chi connectivity index (χ1n) is 8.41. The van der Waals surface area contributed by atoms with Gasteiger partial charge in [-0.15, -0.1) is 0 Å². The van der Waals surface area contributed by atoms with Gasteiger partial charge in [-0.2, -0.15) is 13.2 Å². The van der Waals surface area contributed by atoms with Gasteiger partial charge in [0.2, 0.25) is 0 Å². The number of hydrogen-bond acceptors (Lipinski definition) is 3. The molecule has 1 aliphatic heterocycles. The minimum absolute atomic E-state index is 0.0277. The third-order valence-electron chi connectivity index (χ3n) is 3.78. The van der Waals surface area contributed by atoms with Crippen molar-refractivity contribution in [2.45, 2.75) is 46.2 Å². The summed E-state index contributed by atoms with van der Waals surface area (Å²) >= 11 is 0. The standard InChI is InChI=1S/C9H8O4.C8H17N.CHF3/c1-5-6(8(10)11)3-2-4-7(5)9(12)13;1-2-6-9-7-4-3-5-8-9;2-1(3)4/h2-4H,1H3,(H,10,11)(H,12,13);2-8H2,1H3;1H. The Morgan fingerprint density at radius 3 is 1.81 bits per heavy atom. The first-order chi connectivity index (χ1) is 12.2. The summed E-state index contributed by atoms with van der Waals surface area (Å²) in [5, 5.41) is 17.4. The number of carboxylic acids is 2. The van der Waals surface area contributed by atoms with Crippen molar-refractivity contribution >= 4 is 11.9 Å². The van der Waals surface area contributed by atoms with Crippen LogP contribution in [0.1, 0.15) is 58.9 Å². The lowest BCUT2D eigenvalue weighted by molar-refractivity contribution is 0.00816. The Morgan fingerprint density at radius 1 is 1.04 bits per heavy atom. The Morgan fingerprint density at radius 2 is 1.46 bits per heavy atom. The molecule has 26 heavy (non-hydrogen) atoms. The highest BCUT2D eigenvalue weighted by Crippen LogP contribution is 2.13. The second-order valence-corrected chi connectivity index (χ2v) is 5.74. The number of halogens is 3. The topological polar surface area (TPSA) is 77.8 Å². The molecule has 1 aromatic carbocycles. The normalized spacial score (nSPS) is 13.9. The maximum absolute atomic E-state index is 10.6. The summed E-state index contributed by atoms with van der Waals surface area (Å²) in [5.74, 6) is -2.22. The van der Waals surface area contributed by atoms with Gasteiger partial charge in [0.05, 0.1) is 11.1 Å². The maximum Gasteiger partial charge on any atom is 0.379 e. The summed E-state index contributed by atoms with van der Waals surface area (Å²) in [7, 11) is 0. The Hall–Kier alpha value is -2.09. The number of alkyl halides is 3. The van der Waals surface area contributed by atoms with E-state index in [0.29, 0.717) is 0 Å². The fraction of sp³-hybridized carbons (Fsp3) is 0.556. The molecule has 1 heterocycles. The van der Waals surface area contributed by atoms with Gasteiger partial charge < -0.3 is 15.1 Å². The minimum atomic E-state index is -3.67. The van der Waals surface area contributed by atoms with Gasteiger partial charge in [0.1, 0.15) is 0 Å². The second-order valence-electron chi connectivity index (χ2n) is 5.74. The van der Waals surface area contributed by atoms with Crippen molar-refractivity contribution in [3.05, 3.63) is 34.9 Å². The van der Waals surface area contributed by atoms with E-state index in [0.717, 1.165) is 0 Å². The third-order valence-corrected chi connectivity index (χ3v) is 3.78. The molecule has 0 saturated carbocycles. The lowest BCUT2D eigenvalue weighted by Gasteiger charge is -2.25. The van der Waals surface area contributed by atoms with Crippen LogP contribution in [0, 0.1) is 6.92 Å². The third kappa shape index (κ3) is 10.0. The molecule has 0 spiro atoms. The van der Waals surface area contributed by atoms with Crippen LogP contribution in [-0.2, 0) is 0 Å². The number of nitrogens with zero attached hydrogens (tertiary/aromatic N) is 1. The largest absolute Gasteiger partial charge is 0.478 e. The van der Waals surface area contributed by atoms with E-state index in [9.17, 15) is 22.8 Å². The molecule has 8 heteroatoms. The number of aromatic carboxylic acids is 2. The van der Waals surface area contributed by atoms with Crippen molar-refractivity contribution in [2.24, 2.45) is 0 Å². The van der Waals surface area contributed by atoms with Crippen LogP contribution in [0.5, 0.6) is 0 Å². The van der Waals surface area contributed by atoms with Gasteiger partial charge in [-0.1, -0.05) is 19.4 Å². The predicted octanol–water partition coefficient (Wildman–Crippen LogP) is 4.45. The predicted molar refractivity (Wildman–Crippen MR) is 92.8 cm³/mol. The smallest absolute Gasteiger partial charge is 0.379 e. The van der Waals surface area contributed by atoms with Crippen molar-refractivity contribution in [3.63, 3.8) is 0 Å². The zero-order valence-corrected chi connectivity index (χ0v) is 15.1. The van der Waals surface area contributed by atoms with E-state index >= 15 is 0 Å². The van der Waals surface area contributed by atoms with Crippen LogP contribution >= 0.6 is 0 Å². The van der Waals surface area contributed by atoms with Crippen molar-refractivity contribution in [1.82, 2.24) is 4.90 Å². The van der Waals surface area contributed by atoms with E-state index in [1.54, 1.807) is 0 Å². The monoisotopic (exact) mass is 377 g/mol. The lowest BCUT2D eigenvalue weighted by atomic mass is 10.0. The SMILES string of the molecule is CCCN1CCCCC1.Cc1c(C(=O)O)cccc1C(=O)O.FC(F)F. The molecule has 0 radical (unpaired) electrons. The number of carboxylic acid groups (broad SMARTS) is 2. The molecule has 0 amide bonds. The van der Waals surface area contributed by atoms with Crippen LogP contribution in [0.15, 0.2) is 18.2 Å². The van der Waals surface area contributed by atoms with Gasteiger partial charge in [-0.3, -0.25) is 0 Å². The molecule has 1 aliphatic rings. The van der Waals surface area contributed by atoms with Crippen molar-refractivity contribution < 1.29 is 33.0 Å². The van der Waals surface area contributed by atoms with E-state index in [-0.39, 0.29) is 16.7 Å². The zero-order chi connectivity index (χ0) is 20.1. The molecule has 148 valence electrons. The van der Waals surface area contributed by atoms with Crippen LogP contribution in [0.25, 0.3) is 0 Å². The number of likely N-dealkylation sites (tertiary alicyclic amines) is 1. The molecule has 0 aromatic heterocycles. The van der Waals surface area contributed by atoms with Gasteiger partial charge in [0.25, 0.3) is 0 Å². The van der Waals surface area contributed by atoms with E-state index in [1.165, 1.54) is 70.4 Å². The van der Waals surface area contributed by atoms with Crippen LogP contribution < -0.4 is 0 Å². The van der Waals surface area contributed by atoms with E-state index < -0.39 is 18.6 Å². The Kier molecular flexibility index (Phi) is 12.1. The minimum Gasteiger partial charge on any atom is -0.478 e. The van der Waals surface area contributed by atoms with Crippen molar-refractivity contribution in [2.75, 3.05) is 19.6 Å². The molecule has 5 nitrogen and oxygen atoms in total. The number of carbonyl (C=O) groups is 2. The van der Waals surface area contributed by atoms with Gasteiger partial charge in [-0.25, -0.2) is 9.59 Å². The molecule has 1 fully saturated rings.